The molecule has 2 rings (SSSR count). The molecule has 1 atom stereocenters. The zero-order chi connectivity index (χ0) is 18.6. The van der Waals surface area contributed by atoms with E-state index in [9.17, 15) is 14.4 Å². The van der Waals surface area contributed by atoms with Crippen LogP contribution in [0.15, 0.2) is 18.5 Å². The van der Waals surface area contributed by atoms with Gasteiger partial charge in [-0.2, -0.15) is 5.10 Å². The van der Waals surface area contributed by atoms with E-state index >= 15 is 0 Å². The van der Waals surface area contributed by atoms with Crippen LogP contribution in [0, 0.1) is 12.8 Å². The van der Waals surface area contributed by atoms with Crippen LogP contribution >= 0.6 is 0 Å². The summed E-state index contributed by atoms with van der Waals surface area (Å²) in [5.74, 6) is -2.05. The summed E-state index contributed by atoms with van der Waals surface area (Å²) in [5.41, 5.74) is 1.37. The molecule has 0 aliphatic carbocycles. The van der Waals surface area contributed by atoms with Crippen molar-refractivity contribution in [2.75, 3.05) is 6.54 Å². The Hall–Kier alpha value is -2.97. The number of aryl methyl sites for hydroxylation is 1. The highest BCUT2D eigenvalue weighted by Gasteiger charge is 2.21. The maximum absolute atomic E-state index is 12.2. The van der Waals surface area contributed by atoms with Crippen LogP contribution in [-0.4, -0.2) is 50.1 Å². The highest BCUT2D eigenvalue weighted by atomic mass is 16.4. The van der Waals surface area contributed by atoms with Gasteiger partial charge in [0.15, 0.2) is 5.65 Å². The zero-order valence-corrected chi connectivity index (χ0v) is 14.3. The molecule has 2 aromatic heterocycles. The number of carboxylic acid groups (broad SMARTS) is 1. The second kappa shape index (κ2) is 7.73. The summed E-state index contributed by atoms with van der Waals surface area (Å²) < 4.78 is 1.46. The molecule has 2 aromatic rings. The van der Waals surface area contributed by atoms with Crippen LogP contribution in [0.25, 0.3) is 5.65 Å². The zero-order valence-electron chi connectivity index (χ0n) is 14.3. The molecule has 0 unspecified atom stereocenters. The van der Waals surface area contributed by atoms with E-state index in [0.29, 0.717) is 12.1 Å². The molecule has 0 radical (unpaired) electrons. The number of rotatable bonds is 7. The minimum Gasteiger partial charge on any atom is -0.480 e. The fraction of sp³-hybridized carbons (Fsp3) is 0.438. The molecule has 0 saturated carbocycles. The summed E-state index contributed by atoms with van der Waals surface area (Å²) in [6.07, 6.45) is 3.37. The lowest BCUT2D eigenvalue weighted by Crippen LogP contribution is -2.46. The van der Waals surface area contributed by atoms with Gasteiger partial charge in [0.1, 0.15) is 11.6 Å². The second-order valence-electron chi connectivity index (χ2n) is 6.17. The number of hydrogen-bond donors (Lipinski definition) is 3. The van der Waals surface area contributed by atoms with Gasteiger partial charge >= 0.3 is 5.97 Å². The van der Waals surface area contributed by atoms with Crippen LogP contribution in [0.3, 0.4) is 0 Å². The Balaban J connectivity index is 1.97. The molecule has 0 bridgehead atoms. The first kappa shape index (κ1) is 18.4. The number of aromatic nitrogens is 3. The first-order chi connectivity index (χ1) is 11.8. The lowest BCUT2D eigenvalue weighted by Gasteiger charge is -2.16. The van der Waals surface area contributed by atoms with Gasteiger partial charge < -0.3 is 15.7 Å². The van der Waals surface area contributed by atoms with Crippen molar-refractivity contribution in [2.24, 2.45) is 5.92 Å². The largest absolute Gasteiger partial charge is 0.480 e. The predicted molar refractivity (Wildman–Crippen MR) is 89.1 cm³/mol. The van der Waals surface area contributed by atoms with E-state index in [1.807, 2.05) is 13.8 Å². The van der Waals surface area contributed by atoms with Crippen molar-refractivity contribution in [3.8, 4) is 0 Å². The Kier molecular flexibility index (Phi) is 5.68. The molecule has 0 spiro atoms. The Bertz CT molecular complexity index is 799. The minimum atomic E-state index is -1.10. The Morgan fingerprint density at radius 2 is 2.04 bits per heavy atom. The SMILES string of the molecule is Cc1ccn2ncc(C(=O)NCC(=O)N[C@@H](CC(C)C)C(=O)O)c2n1. The van der Waals surface area contributed by atoms with Gasteiger partial charge in [-0.25, -0.2) is 14.3 Å². The standard InChI is InChI=1S/C16H21N5O4/c1-9(2)6-12(16(24)25)20-13(22)8-17-15(23)11-7-18-21-5-4-10(3)19-14(11)21/h4-5,7,9,12H,6,8H2,1-3H3,(H,17,23)(H,20,22)(H,24,25)/t12-/m0/s1. The lowest BCUT2D eigenvalue weighted by atomic mass is 10.0. The third-order valence-electron chi connectivity index (χ3n) is 3.50. The first-order valence-electron chi connectivity index (χ1n) is 7.89. The summed E-state index contributed by atoms with van der Waals surface area (Å²) >= 11 is 0. The number of fused-ring (bicyclic) bond motifs is 1. The van der Waals surface area contributed by atoms with Crippen molar-refractivity contribution < 1.29 is 19.5 Å². The Morgan fingerprint density at radius 3 is 2.68 bits per heavy atom. The van der Waals surface area contributed by atoms with Crippen LogP contribution < -0.4 is 10.6 Å². The molecular weight excluding hydrogens is 326 g/mol. The fourth-order valence-electron chi connectivity index (χ4n) is 2.31. The molecule has 3 N–H and O–H groups in total. The van der Waals surface area contributed by atoms with Gasteiger partial charge in [-0.05, 0) is 25.3 Å². The monoisotopic (exact) mass is 347 g/mol. The van der Waals surface area contributed by atoms with E-state index in [-0.39, 0.29) is 18.0 Å². The average molecular weight is 347 g/mol. The summed E-state index contributed by atoms with van der Waals surface area (Å²) in [5, 5.41) is 18.0. The maximum atomic E-state index is 12.2. The molecule has 0 aliphatic rings. The number of carbonyl (C=O) groups excluding carboxylic acids is 2. The number of carbonyl (C=O) groups is 3. The highest BCUT2D eigenvalue weighted by Crippen LogP contribution is 2.08. The molecule has 9 heteroatoms. The molecule has 0 saturated heterocycles. The number of aliphatic carboxylic acids is 1. The summed E-state index contributed by atoms with van der Waals surface area (Å²) in [7, 11) is 0. The Labute approximate surface area is 144 Å². The van der Waals surface area contributed by atoms with E-state index in [1.165, 1.54) is 10.7 Å². The number of nitrogens with one attached hydrogen (secondary N) is 2. The van der Waals surface area contributed by atoms with Crippen LogP contribution in [0.1, 0.15) is 36.3 Å². The fourth-order valence-corrected chi connectivity index (χ4v) is 2.31. The molecule has 2 amide bonds. The van der Waals surface area contributed by atoms with Crippen LogP contribution in [0.5, 0.6) is 0 Å². The van der Waals surface area contributed by atoms with Crippen molar-refractivity contribution in [3.05, 3.63) is 29.7 Å². The minimum absolute atomic E-state index is 0.115. The molecule has 0 aliphatic heterocycles. The third-order valence-corrected chi connectivity index (χ3v) is 3.50. The van der Waals surface area contributed by atoms with E-state index < -0.39 is 23.8 Å². The van der Waals surface area contributed by atoms with Gasteiger partial charge in [-0.3, -0.25) is 9.59 Å². The van der Waals surface area contributed by atoms with Crippen LogP contribution in [0.4, 0.5) is 0 Å². The average Bonchev–Trinajstić information content (AvgIpc) is 2.94. The molecule has 25 heavy (non-hydrogen) atoms. The van der Waals surface area contributed by atoms with Crippen molar-refractivity contribution in [1.82, 2.24) is 25.2 Å². The number of amides is 2. The van der Waals surface area contributed by atoms with Gasteiger partial charge in [0.2, 0.25) is 5.91 Å². The topological polar surface area (TPSA) is 126 Å². The molecule has 9 nitrogen and oxygen atoms in total. The van der Waals surface area contributed by atoms with Gasteiger partial charge in [0.05, 0.1) is 12.7 Å². The van der Waals surface area contributed by atoms with E-state index in [1.54, 1.807) is 19.2 Å². The third kappa shape index (κ3) is 4.75. The van der Waals surface area contributed by atoms with Crippen molar-refractivity contribution in [3.63, 3.8) is 0 Å². The molecule has 2 heterocycles. The van der Waals surface area contributed by atoms with Gasteiger partial charge in [0.25, 0.3) is 5.91 Å². The number of nitrogens with zero attached hydrogens (tertiary/aromatic N) is 3. The second-order valence-corrected chi connectivity index (χ2v) is 6.17. The van der Waals surface area contributed by atoms with Gasteiger partial charge in [0, 0.05) is 11.9 Å². The smallest absolute Gasteiger partial charge is 0.326 e. The normalized spacial score (nSPS) is 12.2. The molecule has 134 valence electrons. The predicted octanol–water partition coefficient (Wildman–Crippen LogP) is 0.383. The van der Waals surface area contributed by atoms with Crippen LogP contribution in [-0.2, 0) is 9.59 Å². The lowest BCUT2D eigenvalue weighted by molar-refractivity contribution is -0.142. The number of hydrogen-bond acceptors (Lipinski definition) is 5. The highest BCUT2D eigenvalue weighted by molar-refractivity contribution is 6.01. The summed E-state index contributed by atoms with van der Waals surface area (Å²) in [6.45, 7) is 5.20. The van der Waals surface area contributed by atoms with E-state index in [0.717, 1.165) is 5.69 Å². The van der Waals surface area contributed by atoms with Crippen molar-refractivity contribution in [2.45, 2.75) is 33.2 Å². The van der Waals surface area contributed by atoms with Crippen molar-refractivity contribution >= 4 is 23.4 Å². The van der Waals surface area contributed by atoms with Crippen molar-refractivity contribution in [1.29, 1.82) is 0 Å². The molecule has 0 fully saturated rings. The Morgan fingerprint density at radius 1 is 1.32 bits per heavy atom. The molecular formula is C16H21N5O4. The van der Waals surface area contributed by atoms with E-state index in [2.05, 4.69) is 20.7 Å². The molecule has 0 aromatic carbocycles. The first-order valence-corrected chi connectivity index (χ1v) is 7.89. The maximum Gasteiger partial charge on any atom is 0.326 e. The van der Waals surface area contributed by atoms with Crippen LogP contribution in [0.2, 0.25) is 0 Å². The summed E-state index contributed by atoms with van der Waals surface area (Å²) in [6, 6.07) is 0.779. The quantitative estimate of drug-likeness (QED) is 0.665. The van der Waals surface area contributed by atoms with Gasteiger partial charge in [-0.15, -0.1) is 0 Å². The van der Waals surface area contributed by atoms with E-state index in [4.69, 9.17) is 5.11 Å². The summed E-state index contributed by atoms with van der Waals surface area (Å²) in [4.78, 5) is 39.5. The van der Waals surface area contributed by atoms with Gasteiger partial charge in [-0.1, -0.05) is 13.8 Å². The number of carboxylic acids is 1.